The number of para-hydroxylation sites is 2. The lowest BCUT2D eigenvalue weighted by Gasteiger charge is -2.27. The molecule has 7 aromatic carbocycles. The fourth-order valence-corrected chi connectivity index (χ4v) is 8.48. The summed E-state index contributed by atoms with van der Waals surface area (Å²) < 4.78 is 13.8. The minimum atomic E-state index is 0.805. The van der Waals surface area contributed by atoms with E-state index in [4.69, 9.17) is 13.8 Å². The van der Waals surface area contributed by atoms with E-state index in [0.717, 1.165) is 82.8 Å². The summed E-state index contributed by atoms with van der Waals surface area (Å²) >= 11 is 1.75. The van der Waals surface area contributed by atoms with Gasteiger partial charge in [0, 0.05) is 55.8 Å². The molecular formula is C46H30N2O2S. The number of benzene rings is 7. The number of fused-ring (bicyclic) bond motifs is 9. The molecule has 51 heavy (non-hydrogen) atoms. The maximum absolute atomic E-state index is 6.39. The Hall–Kier alpha value is -6.43. The summed E-state index contributed by atoms with van der Waals surface area (Å²) in [5.74, 6) is 0.805. The number of rotatable bonds is 6. The van der Waals surface area contributed by atoms with Crippen LogP contribution in [-0.2, 0) is 0 Å². The van der Waals surface area contributed by atoms with E-state index >= 15 is 0 Å². The first-order chi connectivity index (χ1) is 25.1. The van der Waals surface area contributed by atoms with E-state index in [1.165, 1.54) is 20.9 Å². The van der Waals surface area contributed by atoms with Gasteiger partial charge in [-0.1, -0.05) is 97.6 Å². The minimum absolute atomic E-state index is 0.805. The van der Waals surface area contributed by atoms with Gasteiger partial charge in [0.2, 0.25) is 0 Å². The fraction of sp³-hybridized carbons (Fsp3) is 0.0217. The van der Waals surface area contributed by atoms with Crippen molar-refractivity contribution in [2.75, 3.05) is 4.90 Å². The smallest absolute Gasteiger partial charge is 0.135 e. The van der Waals surface area contributed by atoms with Crippen molar-refractivity contribution < 1.29 is 8.83 Å². The summed E-state index contributed by atoms with van der Waals surface area (Å²) in [7, 11) is 0. The lowest BCUT2D eigenvalue weighted by Crippen LogP contribution is -2.15. The number of aryl methyl sites for hydroxylation is 1. The van der Waals surface area contributed by atoms with Crippen molar-refractivity contribution in [2.24, 2.45) is 0 Å². The molecule has 0 aliphatic carbocycles. The number of allylic oxidation sites excluding steroid dienone is 1. The van der Waals surface area contributed by atoms with Crippen LogP contribution in [0.5, 0.6) is 0 Å². The van der Waals surface area contributed by atoms with Crippen LogP contribution >= 0.6 is 11.3 Å². The van der Waals surface area contributed by atoms with Crippen LogP contribution < -0.4 is 4.90 Å². The first kappa shape index (κ1) is 29.5. The molecular weight excluding hydrogens is 645 g/mol. The second-order valence-corrected chi connectivity index (χ2v) is 13.8. The summed E-state index contributed by atoms with van der Waals surface area (Å²) in [5.41, 5.74) is 8.73. The largest absolute Gasteiger partial charge is 0.456 e. The molecule has 0 radical (unpaired) electrons. The van der Waals surface area contributed by atoms with Gasteiger partial charge in [0.05, 0.1) is 10.2 Å². The quantitative estimate of drug-likeness (QED) is 0.130. The van der Waals surface area contributed by atoms with Crippen LogP contribution in [0.15, 0.2) is 167 Å². The summed E-state index contributed by atoms with van der Waals surface area (Å²) in [6, 6.07) is 48.7. The molecule has 0 atom stereocenters. The Balaban J connectivity index is 1.18. The summed E-state index contributed by atoms with van der Waals surface area (Å²) in [4.78, 5) is 7.29. The van der Waals surface area contributed by atoms with Crippen LogP contribution in [0.3, 0.4) is 0 Å². The predicted octanol–water partition coefficient (Wildman–Crippen LogP) is 13.6. The molecule has 0 spiro atoms. The van der Waals surface area contributed by atoms with Crippen molar-refractivity contribution in [3.8, 4) is 10.6 Å². The Morgan fingerprint density at radius 2 is 1.33 bits per heavy atom. The number of thiazole rings is 1. The molecule has 3 aromatic heterocycles. The van der Waals surface area contributed by atoms with Crippen molar-refractivity contribution in [1.82, 2.24) is 4.98 Å². The van der Waals surface area contributed by atoms with Gasteiger partial charge in [-0.25, -0.2) is 4.98 Å². The van der Waals surface area contributed by atoms with E-state index in [1.807, 2.05) is 42.5 Å². The Bertz CT molecular complexity index is 3020. The van der Waals surface area contributed by atoms with Gasteiger partial charge in [0.1, 0.15) is 27.5 Å². The molecule has 0 aliphatic rings. The van der Waals surface area contributed by atoms with Crippen molar-refractivity contribution in [1.29, 1.82) is 0 Å². The zero-order chi connectivity index (χ0) is 34.1. The topological polar surface area (TPSA) is 42.4 Å². The minimum Gasteiger partial charge on any atom is -0.456 e. The van der Waals surface area contributed by atoms with Crippen molar-refractivity contribution in [3.05, 3.63) is 169 Å². The maximum Gasteiger partial charge on any atom is 0.135 e. The van der Waals surface area contributed by atoms with E-state index in [0.29, 0.717) is 0 Å². The molecule has 0 N–H and O–H groups in total. The van der Waals surface area contributed by atoms with Crippen molar-refractivity contribution in [3.63, 3.8) is 0 Å². The Kier molecular flexibility index (Phi) is 6.70. The van der Waals surface area contributed by atoms with Crippen molar-refractivity contribution >= 4 is 93.5 Å². The van der Waals surface area contributed by atoms with Gasteiger partial charge < -0.3 is 13.7 Å². The third-order valence-electron chi connectivity index (χ3n) is 9.86. The lowest BCUT2D eigenvalue weighted by molar-refractivity contribution is 0.600. The first-order valence-corrected chi connectivity index (χ1v) is 17.8. The SMILES string of the molecule is C=C/C(=C\c1oc2ccccc2c1C)N(c1ccc2c(ccc3ccc4nc(-c5ccccc5)sc4c32)c1)c1ccc2oc3ccccc3c2c1. The van der Waals surface area contributed by atoms with Gasteiger partial charge in [-0.15, -0.1) is 11.3 Å². The van der Waals surface area contributed by atoms with Gasteiger partial charge in [-0.3, -0.25) is 0 Å². The monoisotopic (exact) mass is 674 g/mol. The third-order valence-corrected chi connectivity index (χ3v) is 11.0. The number of anilines is 2. The highest BCUT2D eigenvalue weighted by Gasteiger charge is 2.19. The van der Waals surface area contributed by atoms with Crippen LogP contribution in [0.25, 0.3) is 81.3 Å². The number of nitrogens with zero attached hydrogens (tertiary/aromatic N) is 2. The molecule has 0 fully saturated rings. The summed E-state index contributed by atoms with van der Waals surface area (Å²) in [6.45, 7) is 6.41. The highest BCUT2D eigenvalue weighted by molar-refractivity contribution is 7.22. The zero-order valence-corrected chi connectivity index (χ0v) is 28.6. The molecule has 3 heterocycles. The molecule has 242 valence electrons. The van der Waals surface area contributed by atoms with Crippen molar-refractivity contribution in [2.45, 2.75) is 6.92 Å². The number of furan rings is 2. The van der Waals surface area contributed by atoms with Crippen LogP contribution in [0, 0.1) is 6.92 Å². The highest BCUT2D eigenvalue weighted by Crippen LogP contribution is 2.42. The Morgan fingerprint density at radius 3 is 2.16 bits per heavy atom. The summed E-state index contributed by atoms with van der Waals surface area (Å²) in [5, 5.41) is 9.04. The molecule has 0 saturated carbocycles. The molecule has 0 amide bonds. The van der Waals surface area contributed by atoms with E-state index in [2.05, 4.69) is 128 Å². The van der Waals surface area contributed by atoms with Crippen LogP contribution in [0.1, 0.15) is 11.3 Å². The van der Waals surface area contributed by atoms with E-state index < -0.39 is 0 Å². The van der Waals surface area contributed by atoms with Crippen LogP contribution in [-0.4, -0.2) is 4.98 Å². The molecule has 0 aliphatic heterocycles. The molecule has 10 aromatic rings. The van der Waals surface area contributed by atoms with E-state index in [9.17, 15) is 0 Å². The molecule has 0 saturated heterocycles. The van der Waals surface area contributed by atoms with Crippen LogP contribution in [0.4, 0.5) is 11.4 Å². The fourth-order valence-electron chi connectivity index (χ4n) is 7.34. The average Bonchev–Trinajstić information content (AvgIpc) is 3.88. The second kappa shape index (κ2) is 11.6. The second-order valence-electron chi connectivity index (χ2n) is 12.8. The molecule has 0 bridgehead atoms. The van der Waals surface area contributed by atoms with Gasteiger partial charge in [-0.2, -0.15) is 0 Å². The Morgan fingerprint density at radius 1 is 0.647 bits per heavy atom. The van der Waals surface area contributed by atoms with E-state index in [-0.39, 0.29) is 0 Å². The van der Waals surface area contributed by atoms with Gasteiger partial charge in [0.15, 0.2) is 0 Å². The van der Waals surface area contributed by atoms with Gasteiger partial charge in [0.25, 0.3) is 0 Å². The number of aromatic nitrogens is 1. The highest BCUT2D eigenvalue weighted by atomic mass is 32.1. The normalized spacial score (nSPS) is 12.2. The first-order valence-electron chi connectivity index (χ1n) is 17.0. The standard InChI is InChI=1S/C46H30N2O2S/c1-3-32(27-43-28(2)35-13-7-9-15-40(35)50-43)48(34-21-24-42-38(26-34)37-14-8-10-16-41(37)49-42)33-20-22-36-31(25-33)18-17-29-19-23-39-45(44(29)36)51-46(47-39)30-11-5-4-6-12-30/h3-27H,1H2,2H3/b32-27+. The Labute approximate surface area is 297 Å². The molecule has 0 unspecified atom stereocenters. The van der Waals surface area contributed by atoms with Crippen LogP contribution in [0.2, 0.25) is 0 Å². The molecule has 5 heteroatoms. The number of hydrogen-bond donors (Lipinski definition) is 0. The van der Waals surface area contributed by atoms with Gasteiger partial charge in [-0.05, 0) is 77.7 Å². The number of hydrogen-bond acceptors (Lipinski definition) is 5. The molecule has 4 nitrogen and oxygen atoms in total. The van der Waals surface area contributed by atoms with Gasteiger partial charge >= 0.3 is 0 Å². The average molecular weight is 675 g/mol. The lowest BCUT2D eigenvalue weighted by atomic mass is 10.0. The molecule has 10 rings (SSSR count). The van der Waals surface area contributed by atoms with E-state index in [1.54, 1.807) is 11.3 Å². The zero-order valence-electron chi connectivity index (χ0n) is 27.8. The summed E-state index contributed by atoms with van der Waals surface area (Å²) in [6.07, 6.45) is 4.00. The predicted molar refractivity (Wildman–Crippen MR) is 215 cm³/mol. The maximum atomic E-state index is 6.39. The third kappa shape index (κ3) is 4.78.